The van der Waals surface area contributed by atoms with E-state index < -0.39 is 0 Å². The van der Waals surface area contributed by atoms with Gasteiger partial charge >= 0.3 is 0 Å². The molecule has 10 heteroatoms. The summed E-state index contributed by atoms with van der Waals surface area (Å²) in [5, 5.41) is 5.25. The van der Waals surface area contributed by atoms with Crippen LogP contribution in [0.2, 0.25) is 0 Å². The van der Waals surface area contributed by atoms with E-state index in [1.165, 1.54) is 29.2 Å². The van der Waals surface area contributed by atoms with Gasteiger partial charge in [0.25, 0.3) is 5.56 Å². The zero-order valence-corrected chi connectivity index (χ0v) is 20.3. The first-order valence-corrected chi connectivity index (χ1v) is 12.9. The van der Waals surface area contributed by atoms with E-state index in [9.17, 15) is 14.0 Å². The van der Waals surface area contributed by atoms with Crippen LogP contribution in [-0.4, -0.2) is 22.3 Å². The van der Waals surface area contributed by atoms with Gasteiger partial charge in [-0.2, -0.15) is 0 Å². The third kappa shape index (κ3) is 5.33. The Labute approximate surface area is 208 Å². The van der Waals surface area contributed by atoms with Crippen LogP contribution in [0, 0.1) is 5.82 Å². The number of hydrogen-bond donors (Lipinski definition) is 1. The third-order valence-electron chi connectivity index (χ3n) is 5.56. The number of carbonyl (C=O) groups excluding carboxylic acids is 1. The van der Waals surface area contributed by atoms with E-state index in [0.29, 0.717) is 57.7 Å². The lowest BCUT2D eigenvalue weighted by atomic mass is 10.2. The van der Waals surface area contributed by atoms with Crippen LogP contribution in [0.5, 0.6) is 11.5 Å². The smallest absolute Gasteiger partial charge is 0.272 e. The molecule has 1 amide bonds. The maximum absolute atomic E-state index is 14.1. The number of hydrogen-bond acceptors (Lipinski definition) is 7. The SMILES string of the molecule is O=C(CCCn1c(SCc2ccccc2F)nc2ccsc2c1=O)NCc1ccc2c(c1)OCO2. The lowest BCUT2D eigenvalue weighted by molar-refractivity contribution is -0.121. The minimum Gasteiger partial charge on any atom is -0.454 e. The van der Waals surface area contributed by atoms with E-state index in [0.717, 1.165) is 5.56 Å². The number of benzene rings is 2. The van der Waals surface area contributed by atoms with E-state index in [1.807, 2.05) is 29.6 Å². The highest BCUT2D eigenvalue weighted by atomic mass is 32.2. The molecule has 0 saturated heterocycles. The molecule has 4 aromatic rings. The van der Waals surface area contributed by atoms with Crippen molar-refractivity contribution in [2.45, 2.75) is 36.8 Å². The molecule has 2 aromatic carbocycles. The van der Waals surface area contributed by atoms with Crippen molar-refractivity contribution in [2.75, 3.05) is 6.79 Å². The number of aromatic nitrogens is 2. The summed E-state index contributed by atoms with van der Waals surface area (Å²) in [5.41, 5.74) is 1.96. The van der Waals surface area contributed by atoms with Gasteiger partial charge in [-0.15, -0.1) is 11.3 Å². The van der Waals surface area contributed by atoms with Gasteiger partial charge in [0.15, 0.2) is 16.7 Å². The Morgan fingerprint density at radius 2 is 2.03 bits per heavy atom. The molecule has 5 rings (SSSR count). The van der Waals surface area contributed by atoms with Gasteiger partial charge in [-0.25, -0.2) is 9.37 Å². The van der Waals surface area contributed by atoms with Gasteiger partial charge in [-0.05, 0) is 47.2 Å². The lowest BCUT2D eigenvalue weighted by Crippen LogP contribution is -2.25. The number of thiophene rings is 1. The fourth-order valence-electron chi connectivity index (χ4n) is 3.73. The number of amides is 1. The highest BCUT2D eigenvalue weighted by Gasteiger charge is 2.15. The van der Waals surface area contributed by atoms with Gasteiger partial charge in [-0.3, -0.25) is 14.2 Å². The Kier molecular flexibility index (Phi) is 7.01. The average Bonchev–Trinajstić information content (AvgIpc) is 3.53. The predicted molar refractivity (Wildman–Crippen MR) is 133 cm³/mol. The third-order valence-corrected chi connectivity index (χ3v) is 7.47. The first-order chi connectivity index (χ1) is 17.1. The molecule has 180 valence electrons. The predicted octanol–water partition coefficient (Wildman–Crippen LogP) is 4.71. The molecule has 3 heterocycles. The van der Waals surface area contributed by atoms with Crippen molar-refractivity contribution >= 4 is 39.2 Å². The fraction of sp³-hybridized carbons (Fsp3) is 0.240. The van der Waals surface area contributed by atoms with Crippen molar-refractivity contribution in [3.63, 3.8) is 0 Å². The standard InChI is InChI=1S/C25H22FN3O4S2/c26-18-5-2-1-4-17(18)14-35-25-28-19-9-11-34-23(19)24(31)29(25)10-3-6-22(30)27-13-16-7-8-20-21(12-16)33-15-32-20/h1-2,4-5,7-9,11-12H,3,6,10,13-15H2,(H,27,30). The van der Waals surface area contributed by atoms with Crippen molar-refractivity contribution in [1.82, 2.24) is 14.9 Å². The van der Waals surface area contributed by atoms with Crippen LogP contribution >= 0.6 is 23.1 Å². The first-order valence-electron chi connectivity index (χ1n) is 11.1. The Morgan fingerprint density at radius 3 is 2.91 bits per heavy atom. The number of carbonyl (C=O) groups is 1. The summed E-state index contributed by atoms with van der Waals surface area (Å²) in [4.78, 5) is 30.1. The molecule has 0 spiro atoms. The monoisotopic (exact) mass is 511 g/mol. The summed E-state index contributed by atoms with van der Waals surface area (Å²) in [6, 6.07) is 13.9. The van der Waals surface area contributed by atoms with Crippen LogP contribution in [0.1, 0.15) is 24.0 Å². The van der Waals surface area contributed by atoms with Gasteiger partial charge in [0, 0.05) is 25.3 Å². The number of nitrogens with zero attached hydrogens (tertiary/aromatic N) is 2. The summed E-state index contributed by atoms with van der Waals surface area (Å²) in [7, 11) is 0. The highest BCUT2D eigenvalue weighted by Crippen LogP contribution is 2.32. The molecule has 0 unspecified atom stereocenters. The molecule has 0 saturated carbocycles. The maximum atomic E-state index is 14.1. The molecule has 0 fully saturated rings. The highest BCUT2D eigenvalue weighted by molar-refractivity contribution is 7.98. The van der Waals surface area contributed by atoms with Gasteiger partial charge in [0.1, 0.15) is 10.5 Å². The summed E-state index contributed by atoms with van der Waals surface area (Å²) < 4.78 is 26.9. The summed E-state index contributed by atoms with van der Waals surface area (Å²) in [5.74, 6) is 1.33. The molecular weight excluding hydrogens is 489 g/mol. The van der Waals surface area contributed by atoms with Gasteiger partial charge in [0.05, 0.1) is 5.52 Å². The second kappa shape index (κ2) is 10.5. The van der Waals surface area contributed by atoms with E-state index >= 15 is 0 Å². The van der Waals surface area contributed by atoms with Crippen LogP contribution in [0.25, 0.3) is 10.2 Å². The van der Waals surface area contributed by atoms with Crippen LogP contribution in [-0.2, 0) is 23.6 Å². The Hall–Kier alpha value is -3.37. The molecular formula is C25H22FN3O4S2. The van der Waals surface area contributed by atoms with Crippen molar-refractivity contribution < 1.29 is 18.7 Å². The first kappa shape index (κ1) is 23.4. The van der Waals surface area contributed by atoms with Gasteiger partial charge in [-0.1, -0.05) is 36.0 Å². The normalized spacial score (nSPS) is 12.3. The quantitative estimate of drug-likeness (QED) is 0.259. The largest absolute Gasteiger partial charge is 0.454 e. The maximum Gasteiger partial charge on any atom is 0.272 e. The molecule has 0 atom stereocenters. The zero-order chi connectivity index (χ0) is 24.2. The fourth-order valence-corrected chi connectivity index (χ4v) is 5.52. The molecule has 0 radical (unpaired) electrons. The number of fused-ring (bicyclic) bond motifs is 2. The van der Waals surface area contributed by atoms with E-state index in [-0.39, 0.29) is 30.5 Å². The molecule has 2 aromatic heterocycles. The van der Waals surface area contributed by atoms with Crippen LogP contribution in [0.3, 0.4) is 0 Å². The number of ether oxygens (including phenoxy) is 2. The van der Waals surface area contributed by atoms with Crippen LogP contribution < -0.4 is 20.3 Å². The minimum absolute atomic E-state index is 0.110. The zero-order valence-electron chi connectivity index (χ0n) is 18.7. The molecule has 1 N–H and O–H groups in total. The number of halogens is 1. The molecule has 1 aliphatic heterocycles. The lowest BCUT2D eigenvalue weighted by Gasteiger charge is -2.12. The Bertz CT molecular complexity index is 1440. The van der Waals surface area contributed by atoms with E-state index in [1.54, 1.807) is 22.8 Å². The van der Waals surface area contributed by atoms with Crippen molar-refractivity contribution in [3.05, 3.63) is 81.2 Å². The second-order valence-electron chi connectivity index (χ2n) is 7.93. The summed E-state index contributed by atoms with van der Waals surface area (Å²) >= 11 is 2.66. The Balaban J connectivity index is 1.22. The summed E-state index contributed by atoms with van der Waals surface area (Å²) in [6.45, 7) is 0.926. The van der Waals surface area contributed by atoms with E-state index in [4.69, 9.17) is 9.47 Å². The number of thioether (sulfide) groups is 1. The van der Waals surface area contributed by atoms with Gasteiger partial charge in [0.2, 0.25) is 12.7 Å². The van der Waals surface area contributed by atoms with Crippen LogP contribution in [0.4, 0.5) is 4.39 Å². The van der Waals surface area contributed by atoms with Crippen molar-refractivity contribution in [2.24, 2.45) is 0 Å². The minimum atomic E-state index is -0.287. The van der Waals surface area contributed by atoms with E-state index in [2.05, 4.69) is 10.3 Å². The topological polar surface area (TPSA) is 82.5 Å². The molecule has 0 bridgehead atoms. The number of rotatable bonds is 9. The molecule has 7 nitrogen and oxygen atoms in total. The van der Waals surface area contributed by atoms with Crippen LogP contribution in [0.15, 0.2) is 63.9 Å². The average molecular weight is 512 g/mol. The second-order valence-corrected chi connectivity index (χ2v) is 9.79. The Morgan fingerprint density at radius 1 is 1.17 bits per heavy atom. The van der Waals surface area contributed by atoms with Crippen molar-refractivity contribution in [1.29, 1.82) is 0 Å². The van der Waals surface area contributed by atoms with Gasteiger partial charge < -0.3 is 14.8 Å². The summed E-state index contributed by atoms with van der Waals surface area (Å²) in [6.07, 6.45) is 0.732. The van der Waals surface area contributed by atoms with Crippen molar-refractivity contribution in [3.8, 4) is 11.5 Å². The number of nitrogens with one attached hydrogen (secondary N) is 1. The molecule has 35 heavy (non-hydrogen) atoms. The molecule has 0 aliphatic carbocycles. The molecule has 1 aliphatic rings.